The number of anilines is 1. The van der Waals surface area contributed by atoms with Crippen molar-refractivity contribution in [3.8, 4) is 11.5 Å². The number of nitrogens with zero attached hydrogens (tertiary/aromatic N) is 1. The fourth-order valence-corrected chi connectivity index (χ4v) is 2.94. The third-order valence-electron chi connectivity index (χ3n) is 3.94. The van der Waals surface area contributed by atoms with Gasteiger partial charge in [-0.1, -0.05) is 35.9 Å². The average Bonchev–Trinajstić information content (AvgIpc) is 2.76. The summed E-state index contributed by atoms with van der Waals surface area (Å²) in [6.07, 6.45) is 1.58. The van der Waals surface area contributed by atoms with E-state index in [1.807, 2.05) is 25.1 Å². The summed E-state index contributed by atoms with van der Waals surface area (Å²) in [5, 5.41) is 8.03. The minimum atomic E-state index is -0.456. The first-order valence-electron chi connectivity index (χ1n) is 9.45. The molecule has 0 aromatic heterocycles. The fourth-order valence-electron chi connectivity index (χ4n) is 2.58. The molecule has 3 aromatic carbocycles. The Balaban J connectivity index is 1.64. The number of nitrogens with one attached hydrogen (secondary N) is 2. The molecule has 0 aliphatic rings. The van der Waals surface area contributed by atoms with E-state index in [4.69, 9.17) is 33.3 Å². The van der Waals surface area contributed by atoms with Crippen LogP contribution in [0.2, 0.25) is 5.02 Å². The van der Waals surface area contributed by atoms with Crippen molar-refractivity contribution >= 4 is 46.8 Å². The Kier molecular flexibility index (Phi) is 7.98. The van der Waals surface area contributed by atoms with Gasteiger partial charge in [0.2, 0.25) is 0 Å². The van der Waals surface area contributed by atoms with E-state index in [0.29, 0.717) is 33.8 Å². The normalized spacial score (nSPS) is 10.5. The number of hydrogen-bond donors (Lipinski definition) is 2. The molecule has 0 unspecified atom stereocenters. The molecule has 0 fully saturated rings. The average molecular weight is 454 g/mol. The molecular formula is C23H20ClN3O3S. The zero-order chi connectivity index (χ0) is 22.1. The Bertz CT molecular complexity index is 1090. The van der Waals surface area contributed by atoms with Crippen LogP contribution in [0.1, 0.15) is 22.8 Å². The van der Waals surface area contributed by atoms with Gasteiger partial charge in [-0.05, 0) is 73.2 Å². The van der Waals surface area contributed by atoms with Gasteiger partial charge in [0.25, 0.3) is 0 Å². The van der Waals surface area contributed by atoms with Crippen molar-refractivity contribution in [1.29, 1.82) is 0 Å². The molecule has 0 saturated carbocycles. The second-order valence-electron chi connectivity index (χ2n) is 6.23. The highest BCUT2D eigenvalue weighted by Crippen LogP contribution is 2.29. The summed E-state index contributed by atoms with van der Waals surface area (Å²) >= 11 is 11.2. The maximum absolute atomic E-state index is 12.3. The molecule has 0 amide bonds. The highest BCUT2D eigenvalue weighted by atomic mass is 35.5. The number of carbonyl (C=O) groups excluding carboxylic acids is 1. The first-order chi connectivity index (χ1) is 15.0. The summed E-state index contributed by atoms with van der Waals surface area (Å²) in [5.74, 6) is 0.316. The smallest absolute Gasteiger partial charge is 0.343 e. The lowest BCUT2D eigenvalue weighted by atomic mass is 10.2. The number of esters is 1. The molecule has 6 nitrogen and oxygen atoms in total. The van der Waals surface area contributed by atoms with E-state index in [-0.39, 0.29) is 0 Å². The zero-order valence-electron chi connectivity index (χ0n) is 16.7. The van der Waals surface area contributed by atoms with Gasteiger partial charge < -0.3 is 14.8 Å². The van der Waals surface area contributed by atoms with Crippen LogP contribution in [0.25, 0.3) is 0 Å². The number of benzene rings is 3. The van der Waals surface area contributed by atoms with E-state index in [2.05, 4.69) is 15.8 Å². The third kappa shape index (κ3) is 6.80. The van der Waals surface area contributed by atoms with Gasteiger partial charge >= 0.3 is 5.97 Å². The van der Waals surface area contributed by atoms with E-state index in [1.165, 1.54) is 0 Å². The summed E-state index contributed by atoms with van der Waals surface area (Å²) in [4.78, 5) is 12.3. The number of rotatable bonds is 7. The molecule has 0 saturated heterocycles. The summed E-state index contributed by atoms with van der Waals surface area (Å²) in [6, 6.07) is 21.1. The molecule has 0 aliphatic heterocycles. The maximum atomic E-state index is 12.3. The van der Waals surface area contributed by atoms with E-state index >= 15 is 0 Å². The molecule has 0 radical (unpaired) electrons. The third-order valence-corrected chi connectivity index (χ3v) is 4.37. The van der Waals surface area contributed by atoms with E-state index in [0.717, 1.165) is 11.3 Å². The molecular weight excluding hydrogens is 434 g/mol. The van der Waals surface area contributed by atoms with Crippen LogP contribution in [0, 0.1) is 0 Å². The van der Waals surface area contributed by atoms with E-state index in [1.54, 1.807) is 60.8 Å². The van der Waals surface area contributed by atoms with Crippen molar-refractivity contribution < 1.29 is 14.3 Å². The molecule has 8 heteroatoms. The van der Waals surface area contributed by atoms with Crippen molar-refractivity contribution in [2.75, 3.05) is 11.9 Å². The minimum Gasteiger partial charge on any atom is -0.490 e. The van der Waals surface area contributed by atoms with Crippen LogP contribution in [0.5, 0.6) is 11.5 Å². The van der Waals surface area contributed by atoms with Crippen molar-refractivity contribution in [2.24, 2.45) is 5.10 Å². The van der Waals surface area contributed by atoms with Crippen LogP contribution in [-0.4, -0.2) is 23.9 Å². The van der Waals surface area contributed by atoms with Crippen LogP contribution < -0.4 is 20.2 Å². The molecule has 0 heterocycles. The first-order valence-corrected chi connectivity index (χ1v) is 10.2. The van der Waals surface area contributed by atoms with Crippen LogP contribution in [0.3, 0.4) is 0 Å². The van der Waals surface area contributed by atoms with Gasteiger partial charge in [-0.3, -0.25) is 5.43 Å². The number of halogens is 1. The number of carbonyl (C=O) groups is 1. The highest BCUT2D eigenvalue weighted by molar-refractivity contribution is 7.80. The SMILES string of the molecule is CCOc1cc(C=NNC(=S)Nc2cccc(Cl)c2)ccc1OC(=O)c1ccccc1. The molecule has 0 spiro atoms. The summed E-state index contributed by atoms with van der Waals surface area (Å²) < 4.78 is 11.1. The van der Waals surface area contributed by atoms with Crippen molar-refractivity contribution in [1.82, 2.24) is 5.43 Å². The van der Waals surface area contributed by atoms with Crippen LogP contribution in [0.15, 0.2) is 77.9 Å². The largest absolute Gasteiger partial charge is 0.490 e. The Morgan fingerprint density at radius 3 is 2.61 bits per heavy atom. The number of thiocarbonyl (C=S) groups is 1. The van der Waals surface area contributed by atoms with Crippen molar-refractivity contribution in [3.63, 3.8) is 0 Å². The second kappa shape index (κ2) is 11.1. The fraction of sp³-hybridized carbons (Fsp3) is 0.0870. The van der Waals surface area contributed by atoms with Crippen LogP contribution in [-0.2, 0) is 0 Å². The predicted octanol–water partition coefficient (Wildman–Crippen LogP) is 5.28. The number of ether oxygens (including phenoxy) is 2. The van der Waals surface area contributed by atoms with Crippen LogP contribution >= 0.6 is 23.8 Å². The minimum absolute atomic E-state index is 0.317. The predicted molar refractivity (Wildman–Crippen MR) is 127 cm³/mol. The number of hydrogen-bond acceptors (Lipinski definition) is 5. The van der Waals surface area contributed by atoms with Crippen molar-refractivity contribution in [2.45, 2.75) is 6.92 Å². The van der Waals surface area contributed by atoms with Gasteiger partial charge in [0.05, 0.1) is 18.4 Å². The summed E-state index contributed by atoms with van der Waals surface area (Å²) in [7, 11) is 0. The quantitative estimate of drug-likeness (QED) is 0.167. The molecule has 31 heavy (non-hydrogen) atoms. The topological polar surface area (TPSA) is 71.9 Å². The van der Waals surface area contributed by atoms with E-state index < -0.39 is 5.97 Å². The second-order valence-corrected chi connectivity index (χ2v) is 7.07. The molecule has 2 N–H and O–H groups in total. The van der Waals surface area contributed by atoms with Gasteiger partial charge in [0.15, 0.2) is 16.6 Å². The lowest BCUT2D eigenvalue weighted by Crippen LogP contribution is -2.23. The molecule has 158 valence electrons. The first kappa shape index (κ1) is 22.3. The Hall–Kier alpha value is -3.42. The zero-order valence-corrected chi connectivity index (χ0v) is 18.2. The Morgan fingerprint density at radius 1 is 1.06 bits per heavy atom. The Labute approximate surface area is 190 Å². The van der Waals surface area contributed by atoms with E-state index in [9.17, 15) is 4.79 Å². The van der Waals surface area contributed by atoms with Crippen LogP contribution in [0.4, 0.5) is 5.69 Å². The van der Waals surface area contributed by atoms with Gasteiger partial charge in [0, 0.05) is 10.7 Å². The molecule has 3 rings (SSSR count). The monoisotopic (exact) mass is 453 g/mol. The lowest BCUT2D eigenvalue weighted by Gasteiger charge is -2.11. The van der Waals surface area contributed by atoms with Gasteiger partial charge in [-0.25, -0.2) is 4.79 Å². The standard InChI is InChI=1S/C23H20ClN3O3S/c1-2-29-21-13-16(11-12-20(21)30-22(28)17-7-4-3-5-8-17)15-25-27-23(31)26-19-10-6-9-18(24)14-19/h3-15H,2H2,1H3,(H2,26,27,31). The molecule has 0 aliphatic carbocycles. The number of hydrazone groups is 1. The maximum Gasteiger partial charge on any atom is 0.343 e. The molecule has 0 atom stereocenters. The van der Waals surface area contributed by atoms with Crippen molar-refractivity contribution in [3.05, 3.63) is 88.9 Å². The van der Waals surface area contributed by atoms with Gasteiger partial charge in [0.1, 0.15) is 0 Å². The van der Waals surface area contributed by atoms with Gasteiger partial charge in [-0.2, -0.15) is 5.10 Å². The Morgan fingerprint density at radius 2 is 1.87 bits per heavy atom. The molecule has 3 aromatic rings. The lowest BCUT2D eigenvalue weighted by molar-refractivity contribution is 0.0728. The van der Waals surface area contributed by atoms with Gasteiger partial charge in [-0.15, -0.1) is 0 Å². The summed E-state index contributed by atoms with van der Waals surface area (Å²) in [5.41, 5.74) is 4.69. The summed E-state index contributed by atoms with van der Waals surface area (Å²) in [6.45, 7) is 2.27. The highest BCUT2D eigenvalue weighted by Gasteiger charge is 2.12. The molecule has 0 bridgehead atoms.